The summed E-state index contributed by atoms with van der Waals surface area (Å²) in [6, 6.07) is 5.35. The van der Waals surface area contributed by atoms with Gasteiger partial charge in [-0.1, -0.05) is 0 Å². The number of aromatic nitrogens is 3. The molecule has 0 spiro atoms. The number of pyridine rings is 1. The van der Waals surface area contributed by atoms with Crippen LogP contribution in [0.1, 0.15) is 12.6 Å². The first kappa shape index (κ1) is 13.7. The third-order valence-corrected chi connectivity index (χ3v) is 3.34. The number of nitrogens with zero attached hydrogens (tertiary/aromatic N) is 4. The molecule has 0 N–H and O–H groups in total. The summed E-state index contributed by atoms with van der Waals surface area (Å²) in [5.74, 6) is 0. The van der Waals surface area contributed by atoms with Crippen molar-refractivity contribution in [2.45, 2.75) is 13.5 Å². The van der Waals surface area contributed by atoms with Crippen molar-refractivity contribution in [1.82, 2.24) is 14.8 Å². The van der Waals surface area contributed by atoms with Crippen molar-refractivity contribution in [1.29, 1.82) is 0 Å². The minimum Gasteiger partial charge on any atom is -0.373 e. The van der Waals surface area contributed by atoms with Crippen molar-refractivity contribution in [3.8, 4) is 0 Å². The zero-order chi connectivity index (χ0) is 13.8. The molecule has 0 amide bonds. The summed E-state index contributed by atoms with van der Waals surface area (Å²) < 4.78 is 2.32. The number of halogens is 1. The molecule has 0 radical (unpaired) electrons. The van der Waals surface area contributed by atoms with E-state index in [4.69, 9.17) is 0 Å². The first-order valence-corrected chi connectivity index (χ1v) is 6.78. The van der Waals surface area contributed by atoms with Crippen LogP contribution in [0.4, 0.5) is 5.69 Å². The lowest BCUT2D eigenvalue weighted by Gasteiger charge is -2.16. The second-order valence-electron chi connectivity index (χ2n) is 4.19. The molecule has 0 atom stereocenters. The normalized spacial score (nSPS) is 10.5. The highest BCUT2D eigenvalue weighted by atomic mass is 79.9. The fraction of sp³-hybridized carbons (Fsp3) is 0.308. The Labute approximate surface area is 120 Å². The van der Waals surface area contributed by atoms with E-state index in [1.54, 1.807) is 18.5 Å². The maximum atomic E-state index is 12.0. The second kappa shape index (κ2) is 5.97. The van der Waals surface area contributed by atoms with Crippen molar-refractivity contribution < 1.29 is 0 Å². The quantitative estimate of drug-likeness (QED) is 0.862. The van der Waals surface area contributed by atoms with Gasteiger partial charge in [0.05, 0.1) is 24.1 Å². The van der Waals surface area contributed by atoms with E-state index >= 15 is 0 Å². The molecule has 0 aliphatic carbocycles. The largest absolute Gasteiger partial charge is 0.373 e. The van der Waals surface area contributed by atoms with Gasteiger partial charge >= 0.3 is 0 Å². The summed E-state index contributed by atoms with van der Waals surface area (Å²) in [6.45, 7) is 3.24. The van der Waals surface area contributed by atoms with Gasteiger partial charge < -0.3 is 4.90 Å². The molecule has 2 heterocycles. The van der Waals surface area contributed by atoms with E-state index < -0.39 is 0 Å². The Bertz CT molecular complexity index is 609. The van der Waals surface area contributed by atoms with Gasteiger partial charge in [0.15, 0.2) is 0 Å². The van der Waals surface area contributed by atoms with Gasteiger partial charge in [0.25, 0.3) is 5.56 Å². The van der Waals surface area contributed by atoms with E-state index in [1.807, 2.05) is 31.0 Å². The Kier molecular flexibility index (Phi) is 4.31. The van der Waals surface area contributed by atoms with Crippen LogP contribution in [0.2, 0.25) is 0 Å². The highest BCUT2D eigenvalue weighted by Crippen LogP contribution is 2.09. The number of rotatable bonds is 4. The summed E-state index contributed by atoms with van der Waals surface area (Å²) in [5.41, 5.74) is 1.50. The molecular formula is C13H15BrN4O. The minimum absolute atomic E-state index is 0.123. The SMILES string of the molecule is CCN(C)c1cnn(Cc2ccc(Br)cn2)c(=O)c1. The molecule has 2 aromatic rings. The molecule has 0 bridgehead atoms. The molecule has 0 saturated heterocycles. The standard InChI is InChI=1S/C13H15BrN4O/c1-3-17(2)12-6-13(19)18(16-8-12)9-11-5-4-10(14)7-15-11/h4-8H,3,9H2,1-2H3. The summed E-state index contributed by atoms with van der Waals surface area (Å²) in [5, 5.41) is 4.18. The lowest BCUT2D eigenvalue weighted by atomic mass is 10.3. The van der Waals surface area contributed by atoms with Crippen LogP contribution in [-0.2, 0) is 6.54 Å². The summed E-state index contributed by atoms with van der Waals surface area (Å²) in [7, 11) is 1.93. The van der Waals surface area contributed by atoms with Crippen LogP contribution >= 0.6 is 15.9 Å². The average Bonchev–Trinajstić information content (AvgIpc) is 2.42. The Balaban J connectivity index is 2.22. The molecule has 6 heteroatoms. The first-order chi connectivity index (χ1) is 9.10. The molecule has 2 aromatic heterocycles. The second-order valence-corrected chi connectivity index (χ2v) is 5.11. The highest BCUT2D eigenvalue weighted by molar-refractivity contribution is 9.10. The third kappa shape index (κ3) is 3.41. The molecule has 5 nitrogen and oxygen atoms in total. The molecule has 2 rings (SSSR count). The lowest BCUT2D eigenvalue weighted by Crippen LogP contribution is -2.26. The van der Waals surface area contributed by atoms with Crippen LogP contribution in [0.25, 0.3) is 0 Å². The molecule has 0 unspecified atom stereocenters. The zero-order valence-corrected chi connectivity index (χ0v) is 12.5. The Morgan fingerprint density at radius 3 is 2.74 bits per heavy atom. The van der Waals surface area contributed by atoms with Crippen molar-refractivity contribution in [2.24, 2.45) is 0 Å². The molecule has 0 aliphatic rings. The smallest absolute Gasteiger partial charge is 0.269 e. The molecule has 100 valence electrons. The van der Waals surface area contributed by atoms with Crippen molar-refractivity contribution >= 4 is 21.6 Å². The molecule has 19 heavy (non-hydrogen) atoms. The third-order valence-electron chi connectivity index (χ3n) is 2.87. The molecule has 0 aliphatic heterocycles. The number of hydrogen-bond donors (Lipinski definition) is 0. The first-order valence-electron chi connectivity index (χ1n) is 5.99. The van der Waals surface area contributed by atoms with Gasteiger partial charge in [-0.05, 0) is 35.0 Å². The Morgan fingerprint density at radius 1 is 1.37 bits per heavy atom. The van der Waals surface area contributed by atoms with Crippen molar-refractivity contribution in [3.63, 3.8) is 0 Å². The van der Waals surface area contributed by atoms with E-state index in [-0.39, 0.29) is 5.56 Å². The number of anilines is 1. The minimum atomic E-state index is -0.123. The van der Waals surface area contributed by atoms with E-state index in [9.17, 15) is 4.79 Å². The Hall–Kier alpha value is -1.69. The maximum Gasteiger partial charge on any atom is 0.269 e. The lowest BCUT2D eigenvalue weighted by molar-refractivity contribution is 0.626. The predicted molar refractivity (Wildman–Crippen MR) is 78.5 cm³/mol. The summed E-state index contributed by atoms with van der Waals surface area (Å²) in [6.07, 6.45) is 3.41. The van der Waals surface area contributed by atoms with E-state index in [0.29, 0.717) is 6.54 Å². The fourth-order valence-electron chi connectivity index (χ4n) is 1.59. The topological polar surface area (TPSA) is 51.0 Å². The number of hydrogen-bond acceptors (Lipinski definition) is 4. The van der Waals surface area contributed by atoms with Crippen molar-refractivity contribution in [3.05, 3.63) is 51.1 Å². The summed E-state index contributed by atoms with van der Waals surface area (Å²) in [4.78, 5) is 18.2. The molecule has 0 aromatic carbocycles. The average molecular weight is 323 g/mol. The van der Waals surface area contributed by atoms with Crippen molar-refractivity contribution in [2.75, 3.05) is 18.5 Å². The molecule has 0 fully saturated rings. The van der Waals surface area contributed by atoms with Crippen LogP contribution in [0.15, 0.2) is 39.9 Å². The fourth-order valence-corrected chi connectivity index (χ4v) is 1.82. The van der Waals surface area contributed by atoms with Crippen LogP contribution in [0, 0.1) is 0 Å². The van der Waals surface area contributed by atoms with Gasteiger partial charge in [-0.25, -0.2) is 4.68 Å². The van der Waals surface area contributed by atoms with Gasteiger partial charge in [-0.2, -0.15) is 5.10 Å². The van der Waals surface area contributed by atoms with Gasteiger partial charge in [0, 0.05) is 30.3 Å². The van der Waals surface area contributed by atoms with Crippen LogP contribution in [0.3, 0.4) is 0 Å². The summed E-state index contributed by atoms with van der Waals surface area (Å²) >= 11 is 3.33. The molecule has 0 saturated carbocycles. The monoisotopic (exact) mass is 322 g/mol. The van der Waals surface area contributed by atoms with Crippen LogP contribution in [-0.4, -0.2) is 28.4 Å². The predicted octanol–water partition coefficient (Wildman–Crippen LogP) is 1.91. The van der Waals surface area contributed by atoms with Gasteiger partial charge in [-0.15, -0.1) is 0 Å². The molecular weight excluding hydrogens is 308 g/mol. The van der Waals surface area contributed by atoms with Gasteiger partial charge in [0.1, 0.15) is 0 Å². The van der Waals surface area contributed by atoms with E-state index in [1.165, 1.54) is 4.68 Å². The van der Waals surface area contributed by atoms with Crippen LogP contribution < -0.4 is 10.5 Å². The Morgan fingerprint density at radius 2 is 2.16 bits per heavy atom. The van der Waals surface area contributed by atoms with E-state index in [2.05, 4.69) is 26.0 Å². The van der Waals surface area contributed by atoms with Crippen LogP contribution in [0.5, 0.6) is 0 Å². The maximum absolute atomic E-state index is 12.0. The van der Waals surface area contributed by atoms with E-state index in [0.717, 1.165) is 22.4 Å². The zero-order valence-electron chi connectivity index (χ0n) is 10.9. The van der Waals surface area contributed by atoms with Gasteiger partial charge in [0.2, 0.25) is 0 Å². The van der Waals surface area contributed by atoms with Gasteiger partial charge in [-0.3, -0.25) is 9.78 Å². The highest BCUT2D eigenvalue weighted by Gasteiger charge is 2.04.